The minimum absolute atomic E-state index is 0.0371. The lowest BCUT2D eigenvalue weighted by Crippen LogP contribution is -2.05. The number of ether oxygens (including phenoxy) is 1. The Balaban J connectivity index is 2.53. The number of para-hydroxylation sites is 1. The van der Waals surface area contributed by atoms with Crippen LogP contribution >= 0.6 is 0 Å². The third-order valence-corrected chi connectivity index (χ3v) is 3.07. The third kappa shape index (κ3) is 1.43. The molecule has 0 bridgehead atoms. The first-order valence-corrected chi connectivity index (χ1v) is 5.59. The minimum Gasteiger partial charge on any atom is -0.497 e. The number of pyridine rings is 1. The standard InChI is InChI=1S/C14H12N2O2/c1-18-8-5-6-12-10(7-8)14(17)9-3-2-4-11(15)13(9)16-12/h2-7H,15H2,1H3,(H,16,17). The van der Waals surface area contributed by atoms with Gasteiger partial charge < -0.3 is 15.5 Å². The molecule has 0 amide bonds. The molecule has 1 aromatic heterocycles. The summed E-state index contributed by atoms with van der Waals surface area (Å²) in [6.45, 7) is 0. The Morgan fingerprint density at radius 1 is 1.17 bits per heavy atom. The summed E-state index contributed by atoms with van der Waals surface area (Å²) in [5.41, 5.74) is 7.85. The van der Waals surface area contributed by atoms with Gasteiger partial charge in [-0.05, 0) is 30.3 Å². The zero-order valence-electron chi connectivity index (χ0n) is 9.86. The van der Waals surface area contributed by atoms with Gasteiger partial charge in [0, 0.05) is 10.8 Å². The number of hydrogen-bond donors (Lipinski definition) is 2. The Kier molecular flexibility index (Phi) is 2.23. The Hall–Kier alpha value is -2.49. The average Bonchev–Trinajstić information content (AvgIpc) is 2.40. The van der Waals surface area contributed by atoms with E-state index in [0.717, 1.165) is 5.52 Å². The highest BCUT2D eigenvalue weighted by Gasteiger charge is 2.07. The fourth-order valence-electron chi connectivity index (χ4n) is 2.13. The van der Waals surface area contributed by atoms with Crippen LogP contribution in [-0.2, 0) is 0 Å². The highest BCUT2D eigenvalue weighted by atomic mass is 16.5. The number of anilines is 1. The molecule has 0 aliphatic rings. The van der Waals surface area contributed by atoms with Gasteiger partial charge in [-0.1, -0.05) is 6.07 Å². The van der Waals surface area contributed by atoms with Crippen LogP contribution in [0.5, 0.6) is 5.75 Å². The van der Waals surface area contributed by atoms with E-state index in [4.69, 9.17) is 10.5 Å². The quantitative estimate of drug-likeness (QED) is 0.506. The van der Waals surface area contributed by atoms with E-state index in [-0.39, 0.29) is 5.43 Å². The molecule has 0 spiro atoms. The molecule has 0 atom stereocenters. The van der Waals surface area contributed by atoms with E-state index in [9.17, 15) is 4.79 Å². The number of methoxy groups -OCH3 is 1. The van der Waals surface area contributed by atoms with E-state index in [0.29, 0.717) is 27.7 Å². The summed E-state index contributed by atoms with van der Waals surface area (Å²) >= 11 is 0. The first kappa shape index (κ1) is 10.7. The van der Waals surface area contributed by atoms with Gasteiger partial charge in [0.15, 0.2) is 5.43 Å². The first-order valence-electron chi connectivity index (χ1n) is 5.59. The number of aromatic amines is 1. The number of H-pyrrole nitrogens is 1. The second-order valence-electron chi connectivity index (χ2n) is 4.14. The van der Waals surface area contributed by atoms with Gasteiger partial charge in [0.2, 0.25) is 0 Å². The second-order valence-corrected chi connectivity index (χ2v) is 4.14. The van der Waals surface area contributed by atoms with Gasteiger partial charge in [-0.2, -0.15) is 0 Å². The van der Waals surface area contributed by atoms with Crippen molar-refractivity contribution in [2.24, 2.45) is 0 Å². The summed E-state index contributed by atoms with van der Waals surface area (Å²) in [5.74, 6) is 0.663. The molecule has 3 rings (SSSR count). The number of nitrogen functional groups attached to an aromatic ring is 1. The lowest BCUT2D eigenvalue weighted by molar-refractivity contribution is 0.415. The highest BCUT2D eigenvalue weighted by molar-refractivity contribution is 5.97. The smallest absolute Gasteiger partial charge is 0.197 e. The number of fused-ring (bicyclic) bond motifs is 2. The van der Waals surface area contributed by atoms with E-state index >= 15 is 0 Å². The number of benzene rings is 2. The molecule has 0 unspecified atom stereocenters. The van der Waals surface area contributed by atoms with Crippen molar-refractivity contribution in [3.8, 4) is 5.75 Å². The molecule has 3 N–H and O–H groups in total. The molecular weight excluding hydrogens is 228 g/mol. The van der Waals surface area contributed by atoms with Gasteiger partial charge in [0.25, 0.3) is 0 Å². The van der Waals surface area contributed by atoms with Crippen LogP contribution in [0.2, 0.25) is 0 Å². The normalized spacial score (nSPS) is 10.9. The summed E-state index contributed by atoms with van der Waals surface area (Å²) in [5, 5.41) is 1.20. The maximum atomic E-state index is 12.4. The van der Waals surface area contributed by atoms with E-state index < -0.39 is 0 Å². The zero-order chi connectivity index (χ0) is 12.7. The van der Waals surface area contributed by atoms with Crippen molar-refractivity contribution >= 4 is 27.5 Å². The molecule has 4 nitrogen and oxygen atoms in total. The predicted molar refractivity (Wildman–Crippen MR) is 73.0 cm³/mol. The number of rotatable bonds is 1. The lowest BCUT2D eigenvalue weighted by Gasteiger charge is -2.06. The fourth-order valence-corrected chi connectivity index (χ4v) is 2.13. The van der Waals surface area contributed by atoms with Gasteiger partial charge in [0.05, 0.1) is 23.8 Å². The monoisotopic (exact) mass is 240 g/mol. The molecule has 18 heavy (non-hydrogen) atoms. The molecule has 0 saturated heterocycles. The van der Waals surface area contributed by atoms with Crippen molar-refractivity contribution in [2.75, 3.05) is 12.8 Å². The van der Waals surface area contributed by atoms with Crippen LogP contribution in [0.1, 0.15) is 0 Å². The number of aromatic nitrogens is 1. The predicted octanol–water partition coefficient (Wildman–Crippen LogP) is 2.27. The van der Waals surface area contributed by atoms with Crippen LogP contribution < -0.4 is 15.9 Å². The van der Waals surface area contributed by atoms with Crippen molar-refractivity contribution in [3.63, 3.8) is 0 Å². The largest absolute Gasteiger partial charge is 0.497 e. The van der Waals surface area contributed by atoms with Crippen LogP contribution in [0, 0.1) is 0 Å². The van der Waals surface area contributed by atoms with Gasteiger partial charge in [-0.3, -0.25) is 4.79 Å². The molecule has 1 heterocycles. The summed E-state index contributed by atoms with van der Waals surface area (Å²) in [6, 6.07) is 10.7. The Labute approximate surface area is 103 Å². The van der Waals surface area contributed by atoms with E-state index in [1.54, 1.807) is 31.4 Å². The third-order valence-electron chi connectivity index (χ3n) is 3.07. The number of hydrogen-bond acceptors (Lipinski definition) is 3. The first-order chi connectivity index (χ1) is 8.70. The topological polar surface area (TPSA) is 68.1 Å². The van der Waals surface area contributed by atoms with Gasteiger partial charge in [0.1, 0.15) is 5.75 Å². The summed E-state index contributed by atoms with van der Waals surface area (Å²) in [7, 11) is 1.58. The van der Waals surface area contributed by atoms with Crippen molar-refractivity contribution < 1.29 is 4.74 Å². The Morgan fingerprint density at radius 3 is 2.78 bits per heavy atom. The van der Waals surface area contributed by atoms with E-state index in [2.05, 4.69) is 4.98 Å². The van der Waals surface area contributed by atoms with Crippen molar-refractivity contribution in [2.45, 2.75) is 0 Å². The van der Waals surface area contributed by atoms with Crippen LogP contribution in [0.25, 0.3) is 21.8 Å². The van der Waals surface area contributed by atoms with E-state index in [1.807, 2.05) is 12.1 Å². The summed E-state index contributed by atoms with van der Waals surface area (Å²) in [6.07, 6.45) is 0. The second kappa shape index (κ2) is 3.77. The van der Waals surface area contributed by atoms with Crippen molar-refractivity contribution in [3.05, 3.63) is 46.6 Å². The zero-order valence-corrected chi connectivity index (χ0v) is 9.86. The molecular formula is C14H12N2O2. The van der Waals surface area contributed by atoms with Gasteiger partial charge in [-0.15, -0.1) is 0 Å². The molecule has 0 radical (unpaired) electrons. The number of nitrogens with two attached hydrogens (primary N) is 1. The maximum absolute atomic E-state index is 12.4. The van der Waals surface area contributed by atoms with Gasteiger partial charge >= 0.3 is 0 Å². The maximum Gasteiger partial charge on any atom is 0.197 e. The molecule has 3 aromatic rings. The van der Waals surface area contributed by atoms with Gasteiger partial charge in [-0.25, -0.2) is 0 Å². The Bertz CT molecular complexity index is 806. The SMILES string of the molecule is COc1ccc2[nH]c3c(N)cccc3c(=O)c2c1. The fraction of sp³-hybridized carbons (Fsp3) is 0.0714. The van der Waals surface area contributed by atoms with Crippen LogP contribution in [0.4, 0.5) is 5.69 Å². The van der Waals surface area contributed by atoms with Crippen molar-refractivity contribution in [1.82, 2.24) is 4.98 Å². The van der Waals surface area contributed by atoms with Crippen LogP contribution in [-0.4, -0.2) is 12.1 Å². The van der Waals surface area contributed by atoms with E-state index in [1.165, 1.54) is 0 Å². The van der Waals surface area contributed by atoms with Crippen molar-refractivity contribution in [1.29, 1.82) is 0 Å². The minimum atomic E-state index is -0.0371. The van der Waals surface area contributed by atoms with Crippen LogP contribution in [0.15, 0.2) is 41.2 Å². The highest BCUT2D eigenvalue weighted by Crippen LogP contribution is 2.22. The molecule has 0 aliphatic carbocycles. The summed E-state index contributed by atoms with van der Waals surface area (Å²) < 4.78 is 5.14. The molecule has 4 heteroatoms. The van der Waals surface area contributed by atoms with Crippen LogP contribution in [0.3, 0.4) is 0 Å². The number of nitrogens with one attached hydrogen (secondary N) is 1. The molecule has 0 aliphatic heterocycles. The molecule has 2 aromatic carbocycles. The summed E-state index contributed by atoms with van der Waals surface area (Å²) in [4.78, 5) is 15.6. The molecule has 90 valence electrons. The Morgan fingerprint density at radius 2 is 2.00 bits per heavy atom. The molecule has 0 saturated carbocycles. The average molecular weight is 240 g/mol. The molecule has 0 fully saturated rings. The lowest BCUT2D eigenvalue weighted by atomic mass is 10.1.